The Morgan fingerprint density at radius 3 is 2.25 bits per heavy atom. The average molecular weight is 171 g/mol. The molecule has 0 amide bonds. The van der Waals surface area contributed by atoms with Crippen LogP contribution in [0.2, 0.25) is 0 Å². The Kier molecular flexibility index (Phi) is 2.79. The maximum Gasteiger partial charge on any atom is 0.0487 e. The fraction of sp³-hybridized carbons (Fsp3) is 1.00. The smallest absolute Gasteiger partial charge is 0.0487 e. The lowest BCUT2D eigenvalue weighted by Crippen LogP contribution is -2.46. The molecule has 0 spiro atoms. The molecule has 0 saturated heterocycles. The molecule has 0 aromatic carbocycles. The van der Waals surface area contributed by atoms with Crippen LogP contribution < -0.4 is 5.73 Å². The van der Waals surface area contributed by atoms with Crippen LogP contribution in [0.15, 0.2) is 0 Å². The second-order valence-corrected chi connectivity index (χ2v) is 4.71. The molecule has 1 rings (SSSR count). The molecule has 2 nitrogen and oxygen atoms in total. The second-order valence-electron chi connectivity index (χ2n) is 4.71. The molecule has 0 bridgehead atoms. The van der Waals surface area contributed by atoms with E-state index in [1.807, 2.05) is 0 Å². The van der Waals surface area contributed by atoms with Crippen molar-refractivity contribution in [2.45, 2.75) is 39.5 Å². The van der Waals surface area contributed by atoms with E-state index < -0.39 is 0 Å². The minimum atomic E-state index is 0.0601. The van der Waals surface area contributed by atoms with E-state index >= 15 is 0 Å². The van der Waals surface area contributed by atoms with Gasteiger partial charge in [-0.25, -0.2) is 0 Å². The molecule has 0 heterocycles. The van der Waals surface area contributed by atoms with Gasteiger partial charge < -0.3 is 10.8 Å². The predicted octanol–water partition coefficient (Wildman–Crippen LogP) is 1.52. The number of nitrogens with two attached hydrogens (primary N) is 1. The summed E-state index contributed by atoms with van der Waals surface area (Å²) in [6, 6.07) is 0. The van der Waals surface area contributed by atoms with Gasteiger partial charge in [0.2, 0.25) is 0 Å². The third-order valence-corrected chi connectivity index (χ3v) is 3.76. The van der Waals surface area contributed by atoms with Crippen LogP contribution in [0, 0.1) is 10.8 Å². The van der Waals surface area contributed by atoms with Crippen LogP contribution in [0.5, 0.6) is 0 Å². The van der Waals surface area contributed by atoms with Crippen LogP contribution in [0.1, 0.15) is 39.5 Å². The van der Waals surface area contributed by atoms with E-state index in [4.69, 9.17) is 5.73 Å². The van der Waals surface area contributed by atoms with E-state index in [9.17, 15) is 5.11 Å². The Morgan fingerprint density at radius 2 is 2.00 bits per heavy atom. The third-order valence-electron chi connectivity index (χ3n) is 3.76. The highest BCUT2D eigenvalue weighted by Gasteiger charge is 2.47. The molecule has 0 unspecified atom stereocenters. The Balaban J connectivity index is 2.65. The monoisotopic (exact) mass is 171 g/mol. The van der Waals surface area contributed by atoms with Gasteiger partial charge in [0.1, 0.15) is 0 Å². The summed E-state index contributed by atoms with van der Waals surface area (Å²) < 4.78 is 0. The molecular formula is C10H21NO. The summed E-state index contributed by atoms with van der Waals surface area (Å²) >= 11 is 0. The molecule has 1 fully saturated rings. The quantitative estimate of drug-likeness (QED) is 0.673. The van der Waals surface area contributed by atoms with Crippen LogP contribution in [-0.4, -0.2) is 18.3 Å². The van der Waals surface area contributed by atoms with Crippen LogP contribution in [0.25, 0.3) is 0 Å². The third kappa shape index (κ3) is 1.38. The van der Waals surface area contributed by atoms with Crippen LogP contribution in [0.3, 0.4) is 0 Å². The lowest BCUT2D eigenvalue weighted by atomic mass is 9.53. The van der Waals surface area contributed by atoms with Gasteiger partial charge in [-0.05, 0) is 36.6 Å². The fourth-order valence-corrected chi connectivity index (χ4v) is 2.31. The van der Waals surface area contributed by atoms with Gasteiger partial charge in [0.15, 0.2) is 0 Å². The van der Waals surface area contributed by atoms with Gasteiger partial charge in [0.05, 0.1) is 0 Å². The lowest BCUT2D eigenvalue weighted by Gasteiger charge is -2.52. The molecule has 0 aromatic rings. The van der Waals surface area contributed by atoms with Gasteiger partial charge in [0.25, 0.3) is 0 Å². The predicted molar refractivity (Wildman–Crippen MR) is 50.8 cm³/mol. The molecule has 3 N–H and O–H groups in total. The van der Waals surface area contributed by atoms with E-state index in [-0.39, 0.29) is 12.0 Å². The Hall–Kier alpha value is -0.0800. The molecule has 0 radical (unpaired) electrons. The summed E-state index contributed by atoms with van der Waals surface area (Å²) in [7, 11) is 0. The molecule has 1 aliphatic carbocycles. The maximum atomic E-state index is 9.28. The van der Waals surface area contributed by atoms with Crippen molar-refractivity contribution in [3.05, 3.63) is 0 Å². The number of rotatable bonds is 4. The first-order valence-corrected chi connectivity index (χ1v) is 4.89. The van der Waals surface area contributed by atoms with E-state index in [1.165, 1.54) is 19.3 Å². The van der Waals surface area contributed by atoms with Gasteiger partial charge >= 0.3 is 0 Å². The molecule has 12 heavy (non-hydrogen) atoms. The standard InChI is InChI=1S/C10H21NO/c1-9(2,8-12)10(6-7-11)4-3-5-10/h12H,3-8,11H2,1-2H3. The minimum Gasteiger partial charge on any atom is -0.396 e. The molecule has 1 saturated carbocycles. The Labute approximate surface area is 75.2 Å². The summed E-state index contributed by atoms with van der Waals surface area (Å²) in [5.74, 6) is 0. The summed E-state index contributed by atoms with van der Waals surface area (Å²) in [6.07, 6.45) is 4.87. The van der Waals surface area contributed by atoms with Crippen molar-refractivity contribution in [1.29, 1.82) is 0 Å². The maximum absolute atomic E-state index is 9.28. The molecule has 1 aliphatic rings. The fourth-order valence-electron chi connectivity index (χ4n) is 2.31. The van der Waals surface area contributed by atoms with E-state index in [2.05, 4.69) is 13.8 Å². The molecule has 0 aliphatic heterocycles. The van der Waals surface area contributed by atoms with Gasteiger partial charge in [-0.3, -0.25) is 0 Å². The highest BCUT2D eigenvalue weighted by atomic mass is 16.3. The number of aliphatic hydroxyl groups excluding tert-OH is 1. The topological polar surface area (TPSA) is 46.2 Å². The van der Waals surface area contributed by atoms with Crippen molar-refractivity contribution in [1.82, 2.24) is 0 Å². The van der Waals surface area contributed by atoms with Crippen molar-refractivity contribution in [2.75, 3.05) is 13.2 Å². The summed E-state index contributed by atoms with van der Waals surface area (Å²) in [5, 5.41) is 9.28. The summed E-state index contributed by atoms with van der Waals surface area (Å²) in [5.41, 5.74) is 6.00. The first-order valence-electron chi connectivity index (χ1n) is 4.89. The van der Waals surface area contributed by atoms with Crippen LogP contribution in [0.4, 0.5) is 0 Å². The Bertz CT molecular complexity index is 150. The van der Waals surface area contributed by atoms with Crippen molar-refractivity contribution in [2.24, 2.45) is 16.6 Å². The normalized spacial score (nSPS) is 22.0. The lowest BCUT2D eigenvalue weighted by molar-refractivity contribution is -0.0559. The molecular weight excluding hydrogens is 150 g/mol. The number of hydrogen-bond acceptors (Lipinski definition) is 2. The van der Waals surface area contributed by atoms with Crippen molar-refractivity contribution in [3.63, 3.8) is 0 Å². The summed E-state index contributed by atoms with van der Waals surface area (Å²) in [4.78, 5) is 0. The summed E-state index contributed by atoms with van der Waals surface area (Å²) in [6.45, 7) is 5.35. The first kappa shape index (κ1) is 10.0. The zero-order valence-corrected chi connectivity index (χ0v) is 8.27. The van der Waals surface area contributed by atoms with Crippen molar-refractivity contribution < 1.29 is 5.11 Å². The van der Waals surface area contributed by atoms with Crippen LogP contribution >= 0.6 is 0 Å². The zero-order chi connectivity index (χ0) is 9.24. The zero-order valence-electron chi connectivity index (χ0n) is 8.27. The Morgan fingerprint density at radius 1 is 1.42 bits per heavy atom. The second kappa shape index (κ2) is 3.35. The number of hydrogen-bond donors (Lipinski definition) is 2. The molecule has 2 heteroatoms. The number of aliphatic hydroxyl groups is 1. The van der Waals surface area contributed by atoms with Gasteiger partial charge in [-0.15, -0.1) is 0 Å². The van der Waals surface area contributed by atoms with Crippen LogP contribution in [-0.2, 0) is 0 Å². The van der Waals surface area contributed by atoms with Crippen molar-refractivity contribution in [3.8, 4) is 0 Å². The largest absolute Gasteiger partial charge is 0.396 e. The van der Waals surface area contributed by atoms with E-state index in [0.29, 0.717) is 5.41 Å². The van der Waals surface area contributed by atoms with E-state index in [1.54, 1.807) is 0 Å². The van der Waals surface area contributed by atoms with Crippen molar-refractivity contribution >= 4 is 0 Å². The SMILES string of the molecule is CC(C)(CO)C1(CCN)CCC1. The van der Waals surface area contributed by atoms with Gasteiger partial charge in [0, 0.05) is 6.61 Å². The highest BCUT2D eigenvalue weighted by molar-refractivity contribution is 4.98. The van der Waals surface area contributed by atoms with E-state index in [0.717, 1.165) is 13.0 Å². The molecule has 0 aromatic heterocycles. The highest BCUT2D eigenvalue weighted by Crippen LogP contribution is 2.55. The van der Waals surface area contributed by atoms with Gasteiger partial charge in [-0.2, -0.15) is 0 Å². The first-order chi connectivity index (χ1) is 5.58. The average Bonchev–Trinajstić information content (AvgIpc) is 1.96. The molecule has 0 atom stereocenters. The van der Waals surface area contributed by atoms with Gasteiger partial charge in [-0.1, -0.05) is 20.3 Å². The minimum absolute atomic E-state index is 0.0601. The molecule has 72 valence electrons.